The van der Waals surface area contributed by atoms with Crippen LogP contribution in [0.3, 0.4) is 0 Å². The molecular weight excluding hydrogens is 516 g/mol. The summed E-state index contributed by atoms with van der Waals surface area (Å²) in [6, 6.07) is 18.8. The topological polar surface area (TPSA) is 117 Å². The molecule has 3 aromatic rings. The van der Waals surface area contributed by atoms with Crippen molar-refractivity contribution in [2.75, 3.05) is 29.0 Å². The van der Waals surface area contributed by atoms with Crippen molar-refractivity contribution in [2.45, 2.75) is 13.8 Å². The van der Waals surface area contributed by atoms with E-state index in [4.69, 9.17) is 16.3 Å². The van der Waals surface area contributed by atoms with Crippen molar-refractivity contribution in [1.29, 1.82) is 0 Å². The van der Waals surface area contributed by atoms with Crippen LogP contribution in [0.25, 0.3) is 0 Å². The average Bonchev–Trinajstić information content (AvgIpc) is 2.82. The number of sulfonamides is 1. The van der Waals surface area contributed by atoms with Gasteiger partial charge in [-0.1, -0.05) is 35.4 Å². The Labute approximate surface area is 221 Å². The molecule has 0 aromatic heterocycles. The van der Waals surface area contributed by atoms with Gasteiger partial charge in [0, 0.05) is 10.7 Å². The Bertz CT molecular complexity index is 1410. The Balaban J connectivity index is 1.51. The van der Waals surface area contributed by atoms with Gasteiger partial charge in [0.2, 0.25) is 10.0 Å². The van der Waals surface area contributed by atoms with Crippen LogP contribution in [-0.4, -0.2) is 45.9 Å². The maximum absolute atomic E-state index is 12.4. The summed E-state index contributed by atoms with van der Waals surface area (Å²) in [4.78, 5) is 24.4. The van der Waals surface area contributed by atoms with Gasteiger partial charge in [0.1, 0.15) is 12.3 Å². The molecule has 0 aliphatic heterocycles. The van der Waals surface area contributed by atoms with Crippen molar-refractivity contribution in [3.63, 3.8) is 0 Å². The van der Waals surface area contributed by atoms with Gasteiger partial charge >= 0.3 is 0 Å². The third-order valence-electron chi connectivity index (χ3n) is 5.07. The number of halogens is 1. The molecule has 0 heterocycles. The summed E-state index contributed by atoms with van der Waals surface area (Å²) in [5.74, 6) is -0.452. The number of amides is 2. The van der Waals surface area contributed by atoms with Crippen LogP contribution >= 0.6 is 11.6 Å². The molecule has 3 rings (SSSR count). The van der Waals surface area contributed by atoms with Crippen molar-refractivity contribution in [3.8, 4) is 5.75 Å². The van der Waals surface area contributed by atoms with Gasteiger partial charge in [0.05, 0.1) is 18.2 Å². The van der Waals surface area contributed by atoms with E-state index in [1.807, 2.05) is 13.0 Å². The van der Waals surface area contributed by atoms with E-state index in [0.29, 0.717) is 27.7 Å². The summed E-state index contributed by atoms with van der Waals surface area (Å²) in [5.41, 5.74) is 5.74. The molecule has 0 spiro atoms. The number of carbonyl (C=O) groups is 2. The van der Waals surface area contributed by atoms with Crippen molar-refractivity contribution in [3.05, 3.63) is 88.4 Å². The fraction of sp³-hybridized carbons (Fsp3) is 0.192. The Morgan fingerprint density at radius 1 is 1.03 bits per heavy atom. The minimum absolute atomic E-state index is 0.187. The molecule has 2 amide bonds. The van der Waals surface area contributed by atoms with Crippen LogP contribution in [-0.2, 0) is 19.6 Å². The average molecular weight is 543 g/mol. The Hall–Kier alpha value is -3.89. The number of carbonyl (C=O) groups excluding carboxylic acids is 2. The molecule has 9 nitrogen and oxygen atoms in total. The number of rotatable bonds is 10. The van der Waals surface area contributed by atoms with Gasteiger partial charge in [-0.05, 0) is 73.5 Å². The van der Waals surface area contributed by atoms with Crippen LogP contribution in [0.4, 0.5) is 11.4 Å². The molecular formula is C26H27ClN4O5S. The van der Waals surface area contributed by atoms with E-state index in [2.05, 4.69) is 15.8 Å². The molecule has 2 N–H and O–H groups in total. The minimum Gasteiger partial charge on any atom is -0.484 e. The molecule has 3 aromatic carbocycles. The molecule has 0 aliphatic carbocycles. The van der Waals surface area contributed by atoms with Gasteiger partial charge in [-0.15, -0.1) is 0 Å². The van der Waals surface area contributed by atoms with E-state index < -0.39 is 22.5 Å². The summed E-state index contributed by atoms with van der Waals surface area (Å²) in [6.45, 7) is 3.09. The van der Waals surface area contributed by atoms with E-state index >= 15 is 0 Å². The van der Waals surface area contributed by atoms with Crippen LogP contribution < -0.4 is 19.8 Å². The molecule has 0 aliphatic rings. The number of ether oxygens (including phenoxy) is 1. The first-order chi connectivity index (χ1) is 17.5. The lowest BCUT2D eigenvalue weighted by atomic mass is 10.1. The molecule has 0 radical (unpaired) electrons. The minimum atomic E-state index is -3.69. The largest absolute Gasteiger partial charge is 0.484 e. The normalized spacial score (nSPS) is 11.2. The maximum Gasteiger partial charge on any atom is 0.262 e. The fourth-order valence-electron chi connectivity index (χ4n) is 3.37. The lowest BCUT2D eigenvalue weighted by molar-refractivity contribution is -0.119. The Morgan fingerprint density at radius 2 is 1.76 bits per heavy atom. The Morgan fingerprint density at radius 3 is 2.41 bits per heavy atom. The standard InChI is InChI=1S/C26H27ClN4O5S/c1-18-7-12-24(19(2)13-18)31(37(3,34)35)16-25(32)30-28-15-20-8-10-23(11-9-20)36-17-26(33)29-22-6-4-5-21(27)14-22/h4-15H,16-17H2,1-3H3,(H,29,33)(H,30,32)/b28-15-. The summed E-state index contributed by atoms with van der Waals surface area (Å²) in [5, 5.41) is 7.11. The van der Waals surface area contributed by atoms with Gasteiger partial charge < -0.3 is 10.1 Å². The van der Waals surface area contributed by atoms with Gasteiger partial charge in [-0.25, -0.2) is 13.8 Å². The number of hydrogen-bond donors (Lipinski definition) is 2. The molecule has 0 atom stereocenters. The summed E-state index contributed by atoms with van der Waals surface area (Å²) in [6.07, 6.45) is 2.46. The molecule has 0 fully saturated rings. The van der Waals surface area contributed by atoms with Crippen molar-refractivity contribution >= 4 is 51.0 Å². The van der Waals surface area contributed by atoms with Crippen LogP contribution in [0.1, 0.15) is 16.7 Å². The highest BCUT2D eigenvalue weighted by Gasteiger charge is 2.22. The molecule has 194 valence electrons. The van der Waals surface area contributed by atoms with Crippen molar-refractivity contribution in [1.82, 2.24) is 5.43 Å². The molecule has 0 bridgehead atoms. The lowest BCUT2D eigenvalue weighted by Crippen LogP contribution is -2.39. The quantitative estimate of drug-likeness (QED) is 0.298. The SMILES string of the molecule is Cc1ccc(N(CC(=O)N/N=C\c2ccc(OCC(=O)Nc3cccc(Cl)c3)cc2)S(C)(=O)=O)c(C)c1. The first-order valence-electron chi connectivity index (χ1n) is 11.2. The monoisotopic (exact) mass is 542 g/mol. The molecule has 11 heteroatoms. The van der Waals surface area contributed by atoms with Crippen molar-refractivity contribution in [2.24, 2.45) is 5.10 Å². The van der Waals surface area contributed by atoms with E-state index in [0.717, 1.165) is 21.7 Å². The fourth-order valence-corrected chi connectivity index (χ4v) is 4.48. The number of nitrogens with one attached hydrogen (secondary N) is 2. The zero-order chi connectivity index (χ0) is 27.0. The molecule has 0 saturated carbocycles. The predicted octanol–water partition coefficient (Wildman–Crippen LogP) is 3.89. The van der Waals surface area contributed by atoms with Gasteiger partial charge in [0.25, 0.3) is 11.8 Å². The van der Waals surface area contributed by atoms with E-state index in [9.17, 15) is 18.0 Å². The number of benzene rings is 3. The summed E-state index contributed by atoms with van der Waals surface area (Å²) >= 11 is 5.90. The number of aryl methyl sites for hydroxylation is 2. The zero-order valence-electron chi connectivity index (χ0n) is 20.6. The lowest BCUT2D eigenvalue weighted by Gasteiger charge is -2.23. The second-order valence-electron chi connectivity index (χ2n) is 8.27. The van der Waals surface area contributed by atoms with Crippen LogP contribution in [0.15, 0.2) is 71.8 Å². The van der Waals surface area contributed by atoms with Gasteiger partial charge in [0.15, 0.2) is 6.61 Å². The van der Waals surface area contributed by atoms with Crippen LogP contribution in [0.5, 0.6) is 5.75 Å². The first-order valence-corrected chi connectivity index (χ1v) is 13.4. The maximum atomic E-state index is 12.4. The predicted molar refractivity (Wildman–Crippen MR) is 146 cm³/mol. The summed E-state index contributed by atoms with van der Waals surface area (Å²) in [7, 11) is -3.69. The zero-order valence-corrected chi connectivity index (χ0v) is 22.1. The van der Waals surface area contributed by atoms with E-state index in [1.165, 1.54) is 6.21 Å². The number of nitrogens with zero attached hydrogens (tertiary/aromatic N) is 2. The Kier molecular flexibility index (Phi) is 9.26. The number of anilines is 2. The molecule has 0 unspecified atom stereocenters. The second kappa shape index (κ2) is 12.4. The highest BCUT2D eigenvalue weighted by molar-refractivity contribution is 7.92. The molecule has 37 heavy (non-hydrogen) atoms. The van der Waals surface area contributed by atoms with Crippen molar-refractivity contribution < 1.29 is 22.7 Å². The highest BCUT2D eigenvalue weighted by atomic mass is 35.5. The summed E-state index contributed by atoms with van der Waals surface area (Å²) < 4.78 is 31.1. The number of hydrogen-bond acceptors (Lipinski definition) is 6. The third-order valence-corrected chi connectivity index (χ3v) is 6.43. The highest BCUT2D eigenvalue weighted by Crippen LogP contribution is 2.23. The number of hydrazone groups is 1. The van der Waals surface area contributed by atoms with Crippen LogP contribution in [0.2, 0.25) is 5.02 Å². The third kappa shape index (κ3) is 8.62. The molecule has 0 saturated heterocycles. The van der Waals surface area contributed by atoms with E-state index in [-0.39, 0.29) is 12.5 Å². The van der Waals surface area contributed by atoms with E-state index in [1.54, 1.807) is 67.6 Å². The first kappa shape index (κ1) is 27.7. The van der Waals surface area contributed by atoms with Gasteiger partial charge in [-0.2, -0.15) is 5.10 Å². The van der Waals surface area contributed by atoms with Gasteiger partial charge in [-0.3, -0.25) is 13.9 Å². The smallest absolute Gasteiger partial charge is 0.262 e. The van der Waals surface area contributed by atoms with Crippen LogP contribution in [0, 0.1) is 13.8 Å². The second-order valence-corrected chi connectivity index (χ2v) is 10.6.